The van der Waals surface area contributed by atoms with Gasteiger partial charge in [-0.1, -0.05) is 82.4 Å². The van der Waals surface area contributed by atoms with Crippen molar-refractivity contribution in [2.45, 2.75) is 19.9 Å². The largest absolute Gasteiger partial charge is 0.458 e. The van der Waals surface area contributed by atoms with Crippen LogP contribution in [0.5, 0.6) is 5.75 Å². The van der Waals surface area contributed by atoms with Gasteiger partial charge in [0.1, 0.15) is 12.4 Å². The molecule has 0 bridgehead atoms. The highest BCUT2D eigenvalue weighted by Gasteiger charge is 2.33. The summed E-state index contributed by atoms with van der Waals surface area (Å²) in [7, 11) is 0. The van der Waals surface area contributed by atoms with Gasteiger partial charge in [-0.05, 0) is 55.0 Å². The second-order valence-electron chi connectivity index (χ2n) is 10.4. The van der Waals surface area contributed by atoms with E-state index in [9.17, 15) is 14.4 Å². The van der Waals surface area contributed by atoms with Crippen LogP contribution in [0.15, 0.2) is 123 Å². The van der Waals surface area contributed by atoms with Crippen molar-refractivity contribution in [2.24, 2.45) is 4.99 Å². The molecule has 1 atom stereocenters. The van der Waals surface area contributed by atoms with Gasteiger partial charge < -0.3 is 9.47 Å². The first-order chi connectivity index (χ1) is 22.2. The molecule has 46 heavy (non-hydrogen) atoms. The minimum atomic E-state index is -0.833. The Balaban J connectivity index is 1.53. The van der Waals surface area contributed by atoms with Gasteiger partial charge in [-0.2, -0.15) is 5.10 Å². The third-order valence-electron chi connectivity index (χ3n) is 7.20. The van der Waals surface area contributed by atoms with Crippen molar-refractivity contribution in [1.82, 2.24) is 14.3 Å². The molecular formula is C35H27BrN4O5S. The zero-order valence-corrected chi connectivity index (χ0v) is 27.2. The number of aromatic nitrogens is 3. The summed E-state index contributed by atoms with van der Waals surface area (Å²) in [5.74, 6) is -0.717. The molecule has 3 heterocycles. The predicted octanol–water partition coefficient (Wildman–Crippen LogP) is 5.50. The fourth-order valence-electron chi connectivity index (χ4n) is 5.17. The number of benzene rings is 3. The number of esters is 2. The number of para-hydroxylation sites is 1. The van der Waals surface area contributed by atoms with E-state index in [1.807, 2.05) is 66.9 Å². The van der Waals surface area contributed by atoms with Gasteiger partial charge in [0, 0.05) is 28.7 Å². The number of rotatable bonds is 8. The van der Waals surface area contributed by atoms with Gasteiger partial charge >= 0.3 is 11.9 Å². The molecule has 5 aromatic rings. The Morgan fingerprint density at radius 1 is 1.04 bits per heavy atom. The lowest BCUT2D eigenvalue weighted by atomic mass is 9.96. The van der Waals surface area contributed by atoms with Gasteiger partial charge in [0.05, 0.1) is 33.2 Å². The quantitative estimate of drug-likeness (QED) is 0.121. The molecule has 0 fully saturated rings. The second-order valence-corrected chi connectivity index (χ2v) is 12.3. The third kappa shape index (κ3) is 6.19. The topological polar surface area (TPSA) is 105 Å². The molecule has 230 valence electrons. The summed E-state index contributed by atoms with van der Waals surface area (Å²) in [5, 5.41) is 4.88. The number of halogens is 1. The molecule has 1 aliphatic heterocycles. The van der Waals surface area contributed by atoms with Crippen molar-refractivity contribution in [3.8, 4) is 22.7 Å². The second kappa shape index (κ2) is 13.1. The molecule has 6 rings (SSSR count). The molecule has 0 radical (unpaired) electrons. The Bertz CT molecular complexity index is 2180. The van der Waals surface area contributed by atoms with Crippen LogP contribution >= 0.6 is 27.3 Å². The highest BCUT2D eigenvalue weighted by atomic mass is 79.9. The van der Waals surface area contributed by atoms with E-state index in [-0.39, 0.29) is 17.7 Å². The van der Waals surface area contributed by atoms with E-state index < -0.39 is 18.0 Å². The van der Waals surface area contributed by atoms with Gasteiger partial charge in [-0.15, -0.1) is 0 Å². The number of thiazole rings is 1. The average Bonchev–Trinajstić information content (AvgIpc) is 3.60. The Morgan fingerprint density at radius 3 is 2.43 bits per heavy atom. The number of nitrogens with zero attached hydrogens (tertiary/aromatic N) is 4. The molecule has 11 heteroatoms. The number of hydrogen-bond donors (Lipinski definition) is 0. The monoisotopic (exact) mass is 694 g/mol. The summed E-state index contributed by atoms with van der Waals surface area (Å²) < 4.78 is 15.3. The van der Waals surface area contributed by atoms with E-state index >= 15 is 0 Å². The maximum Gasteiger partial charge on any atom is 0.338 e. The van der Waals surface area contributed by atoms with Crippen LogP contribution in [-0.4, -0.2) is 32.9 Å². The van der Waals surface area contributed by atoms with Crippen LogP contribution in [-0.2, 0) is 14.3 Å². The molecule has 0 amide bonds. The molecule has 3 aromatic carbocycles. The predicted molar refractivity (Wildman–Crippen MR) is 179 cm³/mol. The lowest BCUT2D eigenvalue weighted by molar-refractivity contribution is -0.138. The van der Waals surface area contributed by atoms with Gasteiger partial charge in [-0.25, -0.2) is 14.5 Å². The smallest absolute Gasteiger partial charge is 0.338 e. The van der Waals surface area contributed by atoms with E-state index in [2.05, 4.69) is 27.5 Å². The van der Waals surface area contributed by atoms with Crippen LogP contribution in [0.25, 0.3) is 23.0 Å². The van der Waals surface area contributed by atoms with Crippen molar-refractivity contribution in [3.05, 3.63) is 144 Å². The zero-order chi connectivity index (χ0) is 32.4. The number of fused-ring (bicyclic) bond motifs is 1. The number of carbonyl (C=O) groups is 2. The van der Waals surface area contributed by atoms with Crippen molar-refractivity contribution >= 4 is 45.3 Å². The summed E-state index contributed by atoms with van der Waals surface area (Å²) >= 11 is 4.72. The summed E-state index contributed by atoms with van der Waals surface area (Å²) in [4.78, 5) is 44.2. The van der Waals surface area contributed by atoms with E-state index in [1.165, 1.54) is 28.9 Å². The zero-order valence-electron chi connectivity index (χ0n) is 24.8. The maximum absolute atomic E-state index is 14.3. The first-order valence-electron chi connectivity index (χ1n) is 14.2. The number of ether oxygens (including phenoxy) is 2. The summed E-state index contributed by atoms with van der Waals surface area (Å²) in [6, 6.07) is 23.4. The molecule has 0 N–H and O–H groups in total. The Kier molecular flexibility index (Phi) is 8.78. The molecule has 0 spiro atoms. The van der Waals surface area contributed by atoms with E-state index in [1.54, 1.807) is 35.9 Å². The van der Waals surface area contributed by atoms with E-state index in [0.29, 0.717) is 32.0 Å². The fraction of sp³-hybridized carbons (Fsp3) is 0.114. The normalized spacial score (nSPS) is 14.4. The summed E-state index contributed by atoms with van der Waals surface area (Å²) in [6.07, 6.45) is 5.17. The van der Waals surface area contributed by atoms with Gasteiger partial charge in [0.25, 0.3) is 5.56 Å². The van der Waals surface area contributed by atoms with Crippen LogP contribution in [0.3, 0.4) is 0 Å². The van der Waals surface area contributed by atoms with Crippen molar-refractivity contribution in [3.63, 3.8) is 0 Å². The SMILES string of the molecule is C=CCOC(=O)C1=C(C)N=c2s/c(=C\c3cn(-c4ccccc4)nc3-c3ccc(Br)cc3)c(=O)n2[C@@H]1c1ccc(OC(C)=O)cc1. The number of carbonyl (C=O) groups excluding carboxylic acids is 2. The minimum absolute atomic E-state index is 0.00236. The van der Waals surface area contributed by atoms with Crippen LogP contribution in [0.4, 0.5) is 0 Å². The first kappa shape index (κ1) is 30.9. The molecule has 0 aliphatic carbocycles. The maximum atomic E-state index is 14.3. The molecule has 0 saturated carbocycles. The van der Waals surface area contributed by atoms with E-state index in [0.717, 1.165) is 21.3 Å². The molecule has 0 saturated heterocycles. The van der Waals surface area contributed by atoms with Crippen molar-refractivity contribution in [1.29, 1.82) is 0 Å². The number of allylic oxidation sites excluding steroid dienone is 1. The Hall–Kier alpha value is -5.13. The lowest BCUT2D eigenvalue weighted by Crippen LogP contribution is -2.39. The molecule has 2 aromatic heterocycles. The molecule has 9 nitrogen and oxygen atoms in total. The van der Waals surface area contributed by atoms with Crippen molar-refractivity contribution in [2.75, 3.05) is 6.61 Å². The third-order valence-corrected chi connectivity index (χ3v) is 8.71. The highest BCUT2D eigenvalue weighted by molar-refractivity contribution is 9.10. The van der Waals surface area contributed by atoms with Crippen LogP contribution in [0, 0.1) is 0 Å². The molecule has 0 unspecified atom stereocenters. The first-order valence-corrected chi connectivity index (χ1v) is 15.8. The minimum Gasteiger partial charge on any atom is -0.458 e. The van der Waals surface area contributed by atoms with Gasteiger partial charge in [0.15, 0.2) is 4.80 Å². The molecular weight excluding hydrogens is 668 g/mol. The van der Waals surface area contributed by atoms with E-state index in [4.69, 9.17) is 14.6 Å². The Labute approximate surface area is 276 Å². The highest BCUT2D eigenvalue weighted by Crippen LogP contribution is 2.32. The van der Waals surface area contributed by atoms with Crippen LogP contribution in [0.2, 0.25) is 0 Å². The fourth-order valence-corrected chi connectivity index (χ4v) is 6.48. The molecule has 1 aliphatic rings. The summed E-state index contributed by atoms with van der Waals surface area (Å²) in [5.41, 5.74) is 4.15. The van der Waals surface area contributed by atoms with Gasteiger partial charge in [-0.3, -0.25) is 14.2 Å². The summed E-state index contributed by atoms with van der Waals surface area (Å²) in [6.45, 7) is 6.67. The average molecular weight is 696 g/mol. The van der Waals surface area contributed by atoms with Crippen molar-refractivity contribution < 1.29 is 19.1 Å². The lowest BCUT2D eigenvalue weighted by Gasteiger charge is -2.24. The van der Waals surface area contributed by atoms with Crippen LogP contribution < -0.4 is 19.6 Å². The Morgan fingerprint density at radius 2 is 1.76 bits per heavy atom. The standard InChI is InChI=1S/C35H27BrN4O5S/c1-4-18-44-34(43)30-21(2)37-35-40(32(30)24-12-16-28(17-13-24)45-22(3)41)33(42)29(46-35)19-25-20-39(27-8-6-5-7-9-27)38-31(25)23-10-14-26(36)15-11-23/h4-17,19-20,32H,1,18H2,2-3H3/b29-19-/t32-/m1/s1. The number of hydrogen-bond acceptors (Lipinski definition) is 8. The van der Waals surface area contributed by atoms with Gasteiger partial charge in [0.2, 0.25) is 0 Å². The van der Waals surface area contributed by atoms with Crippen LogP contribution in [0.1, 0.15) is 31.0 Å².